The van der Waals surface area contributed by atoms with E-state index in [-0.39, 0.29) is 30.1 Å². The molecule has 1 aromatic carbocycles. The van der Waals surface area contributed by atoms with Crippen molar-refractivity contribution in [2.45, 2.75) is 19.5 Å². The summed E-state index contributed by atoms with van der Waals surface area (Å²) < 4.78 is 23.0. The van der Waals surface area contributed by atoms with Crippen LogP contribution in [0, 0.1) is 0 Å². The number of hydrogen-bond donors (Lipinski definition) is 2. The topological polar surface area (TPSA) is 92.5 Å². The van der Waals surface area contributed by atoms with Gasteiger partial charge in [-0.25, -0.2) is 13.2 Å². The highest BCUT2D eigenvalue weighted by atomic mass is 32.2. The minimum Gasteiger partial charge on any atom is -0.326 e. The van der Waals surface area contributed by atoms with E-state index in [1.165, 1.54) is 0 Å². The van der Waals surface area contributed by atoms with Gasteiger partial charge in [0.1, 0.15) is 0 Å². The lowest BCUT2D eigenvalue weighted by Gasteiger charge is -2.33. The first kappa shape index (κ1) is 14.8. The van der Waals surface area contributed by atoms with E-state index in [0.29, 0.717) is 12.2 Å². The predicted molar refractivity (Wildman–Crippen MR) is 78.2 cm³/mol. The van der Waals surface area contributed by atoms with E-state index < -0.39 is 9.84 Å². The number of carbonyl (C=O) groups excluding carboxylic acids is 1. The number of amides is 2. The van der Waals surface area contributed by atoms with Crippen LogP contribution in [0.2, 0.25) is 0 Å². The molecule has 0 spiro atoms. The van der Waals surface area contributed by atoms with Crippen molar-refractivity contribution in [1.82, 2.24) is 4.90 Å². The molecule has 0 aliphatic carbocycles. The summed E-state index contributed by atoms with van der Waals surface area (Å²) in [6.07, 6.45) is 0. The molecule has 2 amide bonds. The Morgan fingerprint density at radius 2 is 2.05 bits per heavy atom. The fourth-order valence-corrected chi connectivity index (χ4v) is 3.78. The van der Waals surface area contributed by atoms with Crippen LogP contribution in [0.25, 0.3) is 0 Å². The maximum atomic E-state index is 12.1. The molecule has 0 aromatic heterocycles. The van der Waals surface area contributed by atoms with Crippen molar-refractivity contribution in [3.8, 4) is 0 Å². The van der Waals surface area contributed by atoms with Crippen LogP contribution in [0.3, 0.4) is 0 Å². The lowest BCUT2D eigenvalue weighted by molar-refractivity contribution is 0.199. The Balaban J connectivity index is 2.01. The highest BCUT2D eigenvalue weighted by molar-refractivity contribution is 7.91. The van der Waals surface area contributed by atoms with E-state index in [4.69, 9.17) is 5.73 Å². The van der Waals surface area contributed by atoms with Crippen molar-refractivity contribution in [1.29, 1.82) is 0 Å². The molecule has 2 rings (SSSR count). The summed E-state index contributed by atoms with van der Waals surface area (Å²) in [7, 11) is -3.02. The molecule has 1 unspecified atom stereocenters. The van der Waals surface area contributed by atoms with Gasteiger partial charge < -0.3 is 16.0 Å². The second-order valence-electron chi connectivity index (χ2n) is 4.99. The number of urea groups is 1. The van der Waals surface area contributed by atoms with E-state index in [2.05, 4.69) is 5.32 Å². The van der Waals surface area contributed by atoms with Gasteiger partial charge in [0.2, 0.25) is 0 Å². The zero-order chi connectivity index (χ0) is 14.8. The molecule has 0 radical (unpaired) electrons. The zero-order valence-electron chi connectivity index (χ0n) is 11.4. The first-order valence-corrected chi connectivity index (χ1v) is 8.30. The minimum atomic E-state index is -3.02. The van der Waals surface area contributed by atoms with Crippen LogP contribution < -0.4 is 11.1 Å². The summed E-state index contributed by atoms with van der Waals surface area (Å²) in [4.78, 5) is 13.7. The lowest BCUT2D eigenvalue weighted by Crippen LogP contribution is -2.51. The molecule has 0 saturated carbocycles. The predicted octanol–water partition coefficient (Wildman–Crippen LogP) is 0.796. The van der Waals surface area contributed by atoms with Gasteiger partial charge in [-0.15, -0.1) is 0 Å². The van der Waals surface area contributed by atoms with E-state index >= 15 is 0 Å². The largest absolute Gasteiger partial charge is 0.326 e. The number of sulfone groups is 1. The highest BCUT2D eigenvalue weighted by Crippen LogP contribution is 2.15. The number of nitrogens with one attached hydrogen (secondary N) is 1. The SMILES string of the molecule is CC1CS(=O)(=O)CCN1C(=O)Nc1ccc(CN)cc1. The average molecular weight is 297 g/mol. The molecule has 20 heavy (non-hydrogen) atoms. The van der Waals surface area contributed by atoms with Gasteiger partial charge in [-0.05, 0) is 24.6 Å². The van der Waals surface area contributed by atoms with Crippen molar-refractivity contribution in [2.24, 2.45) is 5.73 Å². The Morgan fingerprint density at radius 3 is 2.60 bits per heavy atom. The number of nitrogens with two attached hydrogens (primary N) is 1. The number of anilines is 1. The average Bonchev–Trinajstić information content (AvgIpc) is 2.38. The molecule has 1 atom stereocenters. The molecule has 1 saturated heterocycles. The van der Waals surface area contributed by atoms with Gasteiger partial charge in [0, 0.05) is 24.8 Å². The molecule has 1 heterocycles. The number of carbonyl (C=O) groups is 1. The Kier molecular flexibility index (Phi) is 4.29. The van der Waals surface area contributed by atoms with Crippen molar-refractivity contribution in [2.75, 3.05) is 23.4 Å². The van der Waals surface area contributed by atoms with Crippen LogP contribution in [0.1, 0.15) is 12.5 Å². The summed E-state index contributed by atoms with van der Waals surface area (Å²) in [5.41, 5.74) is 7.17. The quantitative estimate of drug-likeness (QED) is 0.844. The first-order valence-electron chi connectivity index (χ1n) is 6.48. The molecular formula is C13H19N3O3S. The van der Waals surface area contributed by atoms with E-state index in [0.717, 1.165) is 5.56 Å². The van der Waals surface area contributed by atoms with Crippen molar-refractivity contribution >= 4 is 21.6 Å². The Labute approximate surface area is 118 Å². The van der Waals surface area contributed by atoms with Crippen LogP contribution in [0.5, 0.6) is 0 Å². The number of nitrogens with zero attached hydrogens (tertiary/aromatic N) is 1. The normalized spacial score (nSPS) is 21.5. The van der Waals surface area contributed by atoms with Crippen LogP contribution in [-0.4, -0.2) is 43.4 Å². The Hall–Kier alpha value is -1.60. The van der Waals surface area contributed by atoms with Gasteiger partial charge in [-0.3, -0.25) is 0 Å². The fraction of sp³-hybridized carbons (Fsp3) is 0.462. The van der Waals surface area contributed by atoms with Crippen LogP contribution >= 0.6 is 0 Å². The lowest BCUT2D eigenvalue weighted by atomic mass is 10.2. The van der Waals surface area contributed by atoms with Gasteiger partial charge in [-0.2, -0.15) is 0 Å². The van der Waals surface area contributed by atoms with Crippen LogP contribution in [0.15, 0.2) is 24.3 Å². The molecule has 3 N–H and O–H groups in total. The Morgan fingerprint density at radius 1 is 1.40 bits per heavy atom. The standard InChI is InChI=1S/C13H19N3O3S/c1-10-9-20(18,19)7-6-16(10)13(17)15-12-4-2-11(8-14)3-5-12/h2-5,10H,6-9,14H2,1H3,(H,15,17). The molecular weight excluding hydrogens is 278 g/mol. The maximum Gasteiger partial charge on any atom is 0.322 e. The summed E-state index contributed by atoms with van der Waals surface area (Å²) >= 11 is 0. The molecule has 110 valence electrons. The number of benzene rings is 1. The fourth-order valence-electron chi connectivity index (χ4n) is 2.22. The Bertz CT molecular complexity index is 583. The van der Waals surface area contributed by atoms with Gasteiger partial charge in [0.05, 0.1) is 11.5 Å². The third kappa shape index (κ3) is 3.49. The molecule has 1 aromatic rings. The summed E-state index contributed by atoms with van der Waals surface area (Å²) in [6.45, 7) is 2.43. The van der Waals surface area contributed by atoms with E-state index in [1.807, 2.05) is 12.1 Å². The smallest absolute Gasteiger partial charge is 0.322 e. The van der Waals surface area contributed by atoms with Crippen LogP contribution in [-0.2, 0) is 16.4 Å². The monoisotopic (exact) mass is 297 g/mol. The summed E-state index contributed by atoms with van der Waals surface area (Å²) in [5, 5.41) is 2.77. The second kappa shape index (κ2) is 5.80. The van der Waals surface area contributed by atoms with Crippen molar-refractivity contribution in [3.05, 3.63) is 29.8 Å². The van der Waals surface area contributed by atoms with Gasteiger partial charge in [-0.1, -0.05) is 12.1 Å². The van der Waals surface area contributed by atoms with Crippen molar-refractivity contribution in [3.63, 3.8) is 0 Å². The highest BCUT2D eigenvalue weighted by Gasteiger charge is 2.31. The van der Waals surface area contributed by atoms with E-state index in [1.54, 1.807) is 24.0 Å². The van der Waals surface area contributed by atoms with Gasteiger partial charge in [0.15, 0.2) is 9.84 Å². The zero-order valence-corrected chi connectivity index (χ0v) is 12.2. The molecule has 1 fully saturated rings. The molecule has 7 heteroatoms. The maximum absolute atomic E-state index is 12.1. The third-order valence-electron chi connectivity index (χ3n) is 3.37. The van der Waals surface area contributed by atoms with Gasteiger partial charge >= 0.3 is 6.03 Å². The summed E-state index contributed by atoms with van der Waals surface area (Å²) in [5.74, 6) is 0.0450. The molecule has 6 nitrogen and oxygen atoms in total. The molecule has 1 aliphatic rings. The summed E-state index contributed by atoms with van der Waals surface area (Å²) in [6, 6.07) is 6.68. The second-order valence-corrected chi connectivity index (χ2v) is 7.22. The number of rotatable bonds is 2. The van der Waals surface area contributed by atoms with Gasteiger partial charge in [0.25, 0.3) is 0 Å². The van der Waals surface area contributed by atoms with Crippen molar-refractivity contribution < 1.29 is 13.2 Å². The molecule has 1 aliphatic heterocycles. The number of hydrogen-bond acceptors (Lipinski definition) is 4. The molecule has 0 bridgehead atoms. The minimum absolute atomic E-state index is 0.0204. The van der Waals surface area contributed by atoms with Crippen LogP contribution in [0.4, 0.5) is 10.5 Å². The third-order valence-corrected chi connectivity index (χ3v) is 5.17. The first-order chi connectivity index (χ1) is 9.41. The van der Waals surface area contributed by atoms with E-state index in [9.17, 15) is 13.2 Å².